The standard InChI is InChI=1S/C24H25FN6O4S.ClH/c25-16-7-27-17-1-2-21(34)31-15(11-35-23(16)22(17)31)9-30-8-14(19(32)10-30)6-26-4-13-3-18-24(28-5-13)36-12-20(33)29-18;/h1-3,5,7,14-15,19,26,32H,4,6,8-12H2,(H,29,33);1H/t14-,15+,19+;/m0./s1. The number of aliphatic hydroxyl groups excluding tert-OH is 1. The predicted octanol–water partition coefficient (Wildman–Crippen LogP) is 1.41. The zero-order chi connectivity index (χ0) is 24.8. The Morgan fingerprint density at radius 2 is 2.11 bits per heavy atom. The highest BCUT2D eigenvalue weighted by Gasteiger charge is 2.34. The largest absolute Gasteiger partial charge is 0.486 e. The van der Waals surface area contributed by atoms with Crippen molar-refractivity contribution in [3.63, 3.8) is 0 Å². The SMILES string of the molecule is Cl.O=C1CSc2ncc(CNC[C@H]3CN(C[C@@H]4COc5c(F)cnc6ccc(=O)n4c56)C[C@H]3O)cc2N1. The summed E-state index contributed by atoms with van der Waals surface area (Å²) in [5.74, 6) is -0.162. The third-order valence-electron chi connectivity index (χ3n) is 6.85. The number of likely N-dealkylation sites (tertiary alicyclic amines) is 1. The van der Waals surface area contributed by atoms with Crippen LogP contribution in [0.4, 0.5) is 10.1 Å². The quantitative estimate of drug-likeness (QED) is 0.420. The lowest BCUT2D eigenvalue weighted by atomic mass is 10.1. The zero-order valence-corrected chi connectivity index (χ0v) is 21.4. The summed E-state index contributed by atoms with van der Waals surface area (Å²) in [6, 6.07) is 4.63. The monoisotopic (exact) mass is 548 g/mol. The first-order valence-corrected chi connectivity index (χ1v) is 12.8. The smallest absolute Gasteiger partial charge is 0.251 e. The minimum absolute atomic E-state index is 0. The van der Waals surface area contributed by atoms with Crippen LogP contribution in [-0.4, -0.2) is 75.1 Å². The molecule has 196 valence electrons. The number of halogens is 2. The van der Waals surface area contributed by atoms with Gasteiger partial charge in [0.1, 0.15) is 17.1 Å². The van der Waals surface area contributed by atoms with Gasteiger partial charge in [-0.05, 0) is 17.7 Å². The summed E-state index contributed by atoms with van der Waals surface area (Å²) < 4.78 is 21.5. The van der Waals surface area contributed by atoms with Gasteiger partial charge in [0.05, 0.1) is 35.3 Å². The molecule has 0 aromatic carbocycles. The molecule has 1 saturated heterocycles. The average Bonchev–Trinajstić information content (AvgIpc) is 3.21. The number of nitrogens with zero attached hydrogens (tertiary/aromatic N) is 4. The number of amides is 1. The molecule has 0 unspecified atom stereocenters. The summed E-state index contributed by atoms with van der Waals surface area (Å²) in [4.78, 5) is 35.0. The molecule has 3 aromatic heterocycles. The first-order chi connectivity index (χ1) is 17.5. The van der Waals surface area contributed by atoms with Gasteiger partial charge in [-0.3, -0.25) is 24.0 Å². The van der Waals surface area contributed by atoms with Gasteiger partial charge in [-0.25, -0.2) is 9.37 Å². The fourth-order valence-corrected chi connectivity index (χ4v) is 5.90. The van der Waals surface area contributed by atoms with E-state index in [1.54, 1.807) is 16.8 Å². The third-order valence-corrected chi connectivity index (χ3v) is 7.85. The van der Waals surface area contributed by atoms with Crippen LogP contribution >= 0.6 is 24.2 Å². The summed E-state index contributed by atoms with van der Waals surface area (Å²) in [7, 11) is 0. The Labute approximate surface area is 222 Å². The van der Waals surface area contributed by atoms with E-state index in [0.29, 0.717) is 49.5 Å². The Morgan fingerprint density at radius 3 is 2.97 bits per heavy atom. The van der Waals surface area contributed by atoms with Crippen LogP contribution in [0.1, 0.15) is 11.6 Å². The number of ether oxygens (including phenoxy) is 1. The normalized spacial score (nSPS) is 22.8. The molecule has 3 aliphatic heterocycles. The number of β-amino-alcohol motifs (C(OH)–C–C–N with tert-alkyl or cyclic N) is 1. The molecule has 1 fully saturated rings. The number of nitrogens with one attached hydrogen (secondary N) is 2. The van der Waals surface area contributed by atoms with E-state index in [1.165, 1.54) is 17.8 Å². The fraction of sp³-hybridized carbons (Fsp3) is 0.417. The summed E-state index contributed by atoms with van der Waals surface area (Å²) in [6.07, 6.45) is 2.39. The van der Waals surface area contributed by atoms with Gasteiger partial charge in [0.15, 0.2) is 11.6 Å². The third kappa shape index (κ3) is 5.04. The molecule has 0 saturated carbocycles. The molecular formula is C24H26ClFN6O4S. The molecule has 6 rings (SSSR count). The summed E-state index contributed by atoms with van der Waals surface area (Å²) in [5, 5.41) is 17.7. The van der Waals surface area contributed by atoms with Crippen molar-refractivity contribution in [1.29, 1.82) is 0 Å². The highest BCUT2D eigenvalue weighted by molar-refractivity contribution is 8.00. The Bertz CT molecular complexity index is 1410. The second-order valence-electron chi connectivity index (χ2n) is 9.39. The van der Waals surface area contributed by atoms with E-state index in [1.807, 2.05) is 6.07 Å². The number of fused-ring (bicyclic) bond motifs is 1. The molecule has 10 nitrogen and oxygen atoms in total. The Hall–Kier alpha value is -2.77. The van der Waals surface area contributed by atoms with Crippen LogP contribution in [0.2, 0.25) is 0 Å². The van der Waals surface area contributed by atoms with Crippen LogP contribution in [-0.2, 0) is 11.3 Å². The molecular weight excluding hydrogens is 523 g/mol. The minimum atomic E-state index is -0.585. The topological polar surface area (TPSA) is 122 Å². The van der Waals surface area contributed by atoms with Crippen molar-refractivity contribution in [2.24, 2.45) is 5.92 Å². The van der Waals surface area contributed by atoms with Crippen molar-refractivity contribution >= 4 is 46.8 Å². The van der Waals surface area contributed by atoms with Gasteiger partial charge < -0.3 is 20.5 Å². The van der Waals surface area contributed by atoms with E-state index < -0.39 is 11.9 Å². The Balaban J connectivity index is 0.00000280. The van der Waals surface area contributed by atoms with Gasteiger partial charge in [0, 0.05) is 50.9 Å². The van der Waals surface area contributed by atoms with E-state index in [0.717, 1.165) is 22.5 Å². The molecule has 0 bridgehead atoms. The van der Waals surface area contributed by atoms with Crippen LogP contribution in [0, 0.1) is 11.7 Å². The maximum atomic E-state index is 14.3. The van der Waals surface area contributed by atoms with E-state index in [-0.39, 0.29) is 48.2 Å². The van der Waals surface area contributed by atoms with E-state index in [4.69, 9.17) is 4.74 Å². The number of hydrogen-bond acceptors (Lipinski definition) is 9. The maximum absolute atomic E-state index is 14.3. The average molecular weight is 549 g/mol. The molecule has 6 heterocycles. The van der Waals surface area contributed by atoms with Gasteiger partial charge in [0.25, 0.3) is 5.56 Å². The molecule has 0 spiro atoms. The molecule has 3 aliphatic rings. The van der Waals surface area contributed by atoms with Crippen LogP contribution in [0.15, 0.2) is 40.4 Å². The number of aliphatic hydroxyl groups is 1. The van der Waals surface area contributed by atoms with Crippen LogP contribution < -0.4 is 20.9 Å². The highest BCUT2D eigenvalue weighted by atomic mass is 35.5. The molecule has 13 heteroatoms. The van der Waals surface area contributed by atoms with Crippen molar-refractivity contribution in [1.82, 2.24) is 24.8 Å². The van der Waals surface area contributed by atoms with Gasteiger partial charge >= 0.3 is 0 Å². The number of carbonyl (C=O) groups excluding carboxylic acids is 1. The lowest BCUT2D eigenvalue weighted by Gasteiger charge is -2.30. The lowest BCUT2D eigenvalue weighted by Crippen LogP contribution is -2.40. The summed E-state index contributed by atoms with van der Waals surface area (Å²) >= 11 is 1.43. The molecule has 3 aromatic rings. The Kier molecular flexibility index (Phi) is 7.37. The first kappa shape index (κ1) is 25.9. The van der Waals surface area contributed by atoms with Crippen molar-refractivity contribution in [2.75, 3.05) is 43.9 Å². The maximum Gasteiger partial charge on any atom is 0.251 e. The van der Waals surface area contributed by atoms with Gasteiger partial charge in [0.2, 0.25) is 5.91 Å². The fourth-order valence-electron chi connectivity index (χ4n) is 5.17. The molecule has 0 aliphatic carbocycles. The zero-order valence-electron chi connectivity index (χ0n) is 19.7. The van der Waals surface area contributed by atoms with Crippen molar-refractivity contribution in [2.45, 2.75) is 23.7 Å². The van der Waals surface area contributed by atoms with Gasteiger partial charge in [-0.15, -0.1) is 12.4 Å². The van der Waals surface area contributed by atoms with Crippen molar-refractivity contribution in [3.05, 3.63) is 52.3 Å². The lowest BCUT2D eigenvalue weighted by molar-refractivity contribution is -0.113. The van der Waals surface area contributed by atoms with Crippen molar-refractivity contribution < 1.29 is 19.0 Å². The predicted molar refractivity (Wildman–Crippen MR) is 139 cm³/mol. The number of rotatable bonds is 6. The number of aromatic nitrogens is 3. The number of pyridine rings is 3. The molecule has 1 amide bonds. The van der Waals surface area contributed by atoms with Gasteiger partial charge in [-0.1, -0.05) is 11.8 Å². The van der Waals surface area contributed by atoms with Crippen LogP contribution in [0.25, 0.3) is 11.0 Å². The minimum Gasteiger partial charge on any atom is -0.486 e. The number of carbonyl (C=O) groups is 1. The second kappa shape index (κ2) is 10.5. The number of hydrogen-bond donors (Lipinski definition) is 3. The van der Waals surface area contributed by atoms with Crippen LogP contribution in [0.5, 0.6) is 5.75 Å². The molecule has 0 radical (unpaired) electrons. The van der Waals surface area contributed by atoms with E-state index >= 15 is 0 Å². The number of anilines is 1. The molecule has 37 heavy (non-hydrogen) atoms. The summed E-state index contributed by atoms with van der Waals surface area (Å²) in [5.41, 5.74) is 2.35. The molecule has 3 atom stereocenters. The Morgan fingerprint density at radius 1 is 1.24 bits per heavy atom. The number of thioether (sulfide) groups is 1. The van der Waals surface area contributed by atoms with E-state index in [9.17, 15) is 19.1 Å². The second-order valence-corrected chi connectivity index (χ2v) is 10.3. The first-order valence-electron chi connectivity index (χ1n) is 11.8. The van der Waals surface area contributed by atoms with Crippen molar-refractivity contribution in [3.8, 4) is 5.75 Å². The molecule has 3 N–H and O–H groups in total. The van der Waals surface area contributed by atoms with Crippen LogP contribution in [0.3, 0.4) is 0 Å². The summed E-state index contributed by atoms with van der Waals surface area (Å²) in [6.45, 7) is 2.96. The highest BCUT2D eigenvalue weighted by Crippen LogP contribution is 2.33. The van der Waals surface area contributed by atoms with E-state index in [2.05, 4.69) is 25.5 Å². The van der Waals surface area contributed by atoms with Gasteiger partial charge in [-0.2, -0.15) is 0 Å².